The number of likely N-dealkylation sites (tertiary alicyclic amines) is 1. The standard InChI is InChI=1S/C29H37Cl2FN2O4S/c1-4-39(36,37)33-28(35)26-17-25(20-7-8-20)21(13-27(26)32)6-5-19-9-11-34(12-10-19)29(2,18-38-3)22-14-23(30)16-24(31)15-22/h13-17,19-20H,4-12,18H2,1-3H3,(H,33,35)/t29-/m0/s1. The molecule has 1 aliphatic carbocycles. The maximum Gasteiger partial charge on any atom is 0.267 e. The number of carbonyl (C=O) groups excluding carboxylic acids is 1. The third kappa shape index (κ3) is 7.33. The van der Waals surface area contributed by atoms with Gasteiger partial charge in [-0.3, -0.25) is 9.69 Å². The molecular formula is C29H37Cl2FN2O4S. The Morgan fingerprint density at radius 1 is 1.10 bits per heavy atom. The molecule has 214 valence electrons. The average molecular weight is 600 g/mol. The van der Waals surface area contributed by atoms with Gasteiger partial charge in [-0.15, -0.1) is 0 Å². The van der Waals surface area contributed by atoms with Crippen LogP contribution < -0.4 is 4.72 Å². The molecule has 0 spiro atoms. The zero-order valence-electron chi connectivity index (χ0n) is 22.7. The van der Waals surface area contributed by atoms with Crippen LogP contribution in [0, 0.1) is 11.7 Å². The molecule has 1 heterocycles. The number of aryl methyl sites for hydroxylation is 1. The third-order valence-corrected chi connectivity index (χ3v) is 9.86. The number of carbonyl (C=O) groups is 1. The van der Waals surface area contributed by atoms with Gasteiger partial charge >= 0.3 is 0 Å². The lowest BCUT2D eigenvalue weighted by Crippen LogP contribution is -2.50. The van der Waals surface area contributed by atoms with E-state index in [2.05, 4.69) is 11.8 Å². The number of methoxy groups -OCH3 is 1. The predicted octanol–water partition coefficient (Wildman–Crippen LogP) is 6.30. The second-order valence-corrected chi connectivity index (χ2v) is 13.9. The smallest absolute Gasteiger partial charge is 0.267 e. The van der Waals surface area contributed by atoms with Crippen LogP contribution in [0.25, 0.3) is 0 Å². The fourth-order valence-corrected chi connectivity index (χ4v) is 6.71. The number of nitrogens with zero attached hydrogens (tertiary/aromatic N) is 1. The van der Waals surface area contributed by atoms with Gasteiger partial charge in [0.15, 0.2) is 0 Å². The number of nitrogens with one attached hydrogen (secondary N) is 1. The van der Waals surface area contributed by atoms with Crippen LogP contribution in [0.1, 0.15) is 78.9 Å². The molecule has 0 unspecified atom stereocenters. The molecule has 10 heteroatoms. The summed E-state index contributed by atoms with van der Waals surface area (Å²) in [4.78, 5) is 14.9. The van der Waals surface area contributed by atoms with Crippen LogP contribution in [0.5, 0.6) is 0 Å². The first kappa shape index (κ1) is 30.3. The topological polar surface area (TPSA) is 75.7 Å². The van der Waals surface area contributed by atoms with Gasteiger partial charge in [0, 0.05) is 17.2 Å². The number of rotatable bonds is 11. The van der Waals surface area contributed by atoms with E-state index in [0.29, 0.717) is 28.5 Å². The van der Waals surface area contributed by atoms with E-state index in [-0.39, 0.29) is 16.9 Å². The fourth-order valence-electron chi connectivity index (χ4n) is 5.64. The van der Waals surface area contributed by atoms with Gasteiger partial charge in [0.25, 0.3) is 5.91 Å². The van der Waals surface area contributed by atoms with E-state index in [4.69, 9.17) is 27.9 Å². The molecule has 1 saturated heterocycles. The van der Waals surface area contributed by atoms with Crippen LogP contribution >= 0.6 is 23.2 Å². The van der Waals surface area contributed by atoms with E-state index in [0.717, 1.165) is 68.3 Å². The number of benzene rings is 2. The monoisotopic (exact) mass is 598 g/mol. The van der Waals surface area contributed by atoms with Crippen molar-refractivity contribution in [2.45, 2.75) is 63.8 Å². The van der Waals surface area contributed by atoms with Gasteiger partial charge in [-0.05, 0) is 124 Å². The second kappa shape index (κ2) is 12.4. The molecule has 2 aliphatic rings. The first-order valence-corrected chi connectivity index (χ1v) is 15.9. The molecule has 0 aromatic heterocycles. The fraction of sp³-hybridized carbons (Fsp3) is 0.552. The Hall–Kier alpha value is -1.71. The molecule has 0 radical (unpaired) electrons. The highest BCUT2D eigenvalue weighted by Crippen LogP contribution is 2.43. The second-order valence-electron chi connectivity index (χ2n) is 11.0. The van der Waals surface area contributed by atoms with Crippen LogP contribution in [0.4, 0.5) is 4.39 Å². The predicted molar refractivity (Wildman–Crippen MR) is 154 cm³/mol. The highest BCUT2D eigenvalue weighted by atomic mass is 35.5. The van der Waals surface area contributed by atoms with Crippen LogP contribution in [0.2, 0.25) is 10.0 Å². The Kier molecular flexibility index (Phi) is 9.65. The highest BCUT2D eigenvalue weighted by molar-refractivity contribution is 7.90. The molecule has 1 N–H and O–H groups in total. The van der Waals surface area contributed by atoms with Gasteiger partial charge in [0.1, 0.15) is 5.82 Å². The molecule has 2 aromatic carbocycles. The maximum atomic E-state index is 15.0. The molecule has 0 bridgehead atoms. The number of ether oxygens (including phenoxy) is 1. The molecule has 2 aromatic rings. The van der Waals surface area contributed by atoms with E-state index < -0.39 is 21.7 Å². The summed E-state index contributed by atoms with van der Waals surface area (Å²) in [7, 11) is -2.07. The SMILES string of the molecule is CCS(=O)(=O)NC(=O)c1cc(C2CC2)c(CCC2CCN([C@@](C)(COC)c3cc(Cl)cc(Cl)c3)CC2)cc1F. The minimum Gasteiger partial charge on any atom is -0.382 e. The van der Waals surface area contributed by atoms with E-state index in [1.807, 2.05) is 16.9 Å². The normalized spacial score (nSPS) is 18.6. The van der Waals surface area contributed by atoms with Crippen LogP contribution in [0.3, 0.4) is 0 Å². The van der Waals surface area contributed by atoms with Gasteiger partial charge < -0.3 is 4.74 Å². The van der Waals surface area contributed by atoms with E-state index >= 15 is 0 Å². The number of amides is 1. The van der Waals surface area contributed by atoms with Crippen molar-refractivity contribution in [1.29, 1.82) is 0 Å². The number of sulfonamides is 1. The maximum absolute atomic E-state index is 15.0. The lowest BCUT2D eigenvalue weighted by atomic mass is 9.84. The van der Waals surface area contributed by atoms with Crippen LogP contribution in [0.15, 0.2) is 30.3 Å². The molecule has 39 heavy (non-hydrogen) atoms. The summed E-state index contributed by atoms with van der Waals surface area (Å²) >= 11 is 12.6. The molecule has 1 aliphatic heterocycles. The van der Waals surface area contributed by atoms with Crippen LogP contribution in [-0.4, -0.2) is 51.8 Å². The first-order chi connectivity index (χ1) is 18.5. The van der Waals surface area contributed by atoms with Gasteiger partial charge in [0.2, 0.25) is 10.0 Å². The molecule has 1 atom stereocenters. The molecule has 1 amide bonds. The van der Waals surface area contributed by atoms with Crippen molar-refractivity contribution in [3.8, 4) is 0 Å². The average Bonchev–Trinajstić information content (AvgIpc) is 3.72. The molecular weight excluding hydrogens is 562 g/mol. The molecule has 2 fully saturated rings. The molecule has 6 nitrogen and oxygen atoms in total. The Bertz CT molecular complexity index is 1290. The van der Waals surface area contributed by atoms with Gasteiger partial charge in [0.05, 0.1) is 23.5 Å². The third-order valence-electron chi connectivity index (χ3n) is 8.16. The van der Waals surface area contributed by atoms with Crippen molar-refractivity contribution in [1.82, 2.24) is 9.62 Å². The minimum atomic E-state index is -3.77. The lowest BCUT2D eigenvalue weighted by molar-refractivity contribution is -0.00300. The zero-order chi connectivity index (χ0) is 28.4. The number of piperidine rings is 1. The lowest BCUT2D eigenvalue weighted by Gasteiger charge is -2.45. The molecule has 4 rings (SSSR count). The quantitative estimate of drug-likeness (QED) is 0.329. The summed E-state index contributed by atoms with van der Waals surface area (Å²) in [6.45, 7) is 5.89. The first-order valence-electron chi connectivity index (χ1n) is 13.5. The Morgan fingerprint density at radius 2 is 1.74 bits per heavy atom. The summed E-state index contributed by atoms with van der Waals surface area (Å²) in [5, 5.41) is 1.20. The van der Waals surface area contributed by atoms with Crippen molar-refractivity contribution in [3.63, 3.8) is 0 Å². The van der Waals surface area contributed by atoms with Gasteiger partial charge in [-0.2, -0.15) is 0 Å². The Morgan fingerprint density at radius 3 is 2.31 bits per heavy atom. The Labute approximate surface area is 241 Å². The zero-order valence-corrected chi connectivity index (χ0v) is 25.1. The van der Waals surface area contributed by atoms with Crippen molar-refractivity contribution in [2.75, 3.05) is 32.6 Å². The summed E-state index contributed by atoms with van der Waals surface area (Å²) in [6.07, 6.45) is 5.65. The number of hydrogen-bond acceptors (Lipinski definition) is 5. The van der Waals surface area contributed by atoms with Gasteiger partial charge in [-0.1, -0.05) is 23.2 Å². The van der Waals surface area contributed by atoms with Crippen molar-refractivity contribution in [2.24, 2.45) is 5.92 Å². The van der Waals surface area contributed by atoms with Crippen molar-refractivity contribution < 1.29 is 22.3 Å². The minimum absolute atomic E-state index is 0.204. The van der Waals surface area contributed by atoms with Crippen LogP contribution in [-0.2, 0) is 26.7 Å². The van der Waals surface area contributed by atoms with E-state index in [9.17, 15) is 17.6 Å². The van der Waals surface area contributed by atoms with E-state index in [1.54, 1.807) is 19.2 Å². The number of halogens is 3. The van der Waals surface area contributed by atoms with E-state index in [1.165, 1.54) is 13.0 Å². The van der Waals surface area contributed by atoms with Crippen molar-refractivity contribution >= 4 is 39.1 Å². The summed E-state index contributed by atoms with van der Waals surface area (Å²) in [5.74, 6) is -1.04. The van der Waals surface area contributed by atoms with Crippen molar-refractivity contribution in [3.05, 3.63) is 68.4 Å². The molecule has 1 saturated carbocycles. The largest absolute Gasteiger partial charge is 0.382 e. The van der Waals surface area contributed by atoms with Gasteiger partial charge in [-0.25, -0.2) is 17.5 Å². The Balaban J connectivity index is 1.43. The number of hydrogen-bond donors (Lipinski definition) is 1. The highest BCUT2D eigenvalue weighted by Gasteiger charge is 2.37. The summed E-state index contributed by atoms with van der Waals surface area (Å²) in [6, 6.07) is 8.64. The summed E-state index contributed by atoms with van der Waals surface area (Å²) < 4.78 is 46.2. The summed E-state index contributed by atoms with van der Waals surface area (Å²) in [5.41, 5.74) is 2.35.